The van der Waals surface area contributed by atoms with E-state index in [1.165, 1.54) is 0 Å². The van der Waals surface area contributed by atoms with Crippen molar-refractivity contribution in [3.63, 3.8) is 0 Å². The number of methoxy groups -OCH3 is 3. The first kappa shape index (κ1) is 19.0. The molecule has 0 spiro atoms. The fourth-order valence-electron chi connectivity index (χ4n) is 3.24. The van der Waals surface area contributed by atoms with E-state index >= 15 is 0 Å². The molecule has 0 unspecified atom stereocenters. The van der Waals surface area contributed by atoms with Gasteiger partial charge in [-0.25, -0.2) is 0 Å². The fraction of sp³-hybridized carbons (Fsp3) is 0.400. The summed E-state index contributed by atoms with van der Waals surface area (Å²) in [6.45, 7) is 3.68. The van der Waals surface area contributed by atoms with Gasteiger partial charge < -0.3 is 19.1 Å². The highest BCUT2D eigenvalue weighted by atomic mass is 16.5. The second-order valence-electron chi connectivity index (χ2n) is 6.33. The molecule has 0 saturated carbocycles. The Morgan fingerprint density at radius 2 is 1.67 bits per heavy atom. The third-order valence-corrected chi connectivity index (χ3v) is 4.75. The first-order valence-electron chi connectivity index (χ1n) is 8.86. The maximum absolute atomic E-state index is 12.5. The average molecular weight is 371 g/mol. The Kier molecular flexibility index (Phi) is 6.13. The van der Waals surface area contributed by atoms with Crippen LogP contribution in [0.4, 0.5) is 0 Å². The summed E-state index contributed by atoms with van der Waals surface area (Å²) >= 11 is 0. The normalized spacial score (nSPS) is 14.7. The SMILES string of the molecule is COc1cc(OC)c(OC)cc1CN1CCN(C(=O)c2cccnc2)CC1. The third kappa shape index (κ3) is 4.31. The molecule has 1 aliphatic heterocycles. The molecule has 1 aromatic carbocycles. The van der Waals surface area contributed by atoms with E-state index in [0.29, 0.717) is 30.2 Å². The monoisotopic (exact) mass is 371 g/mol. The Morgan fingerprint density at radius 3 is 2.26 bits per heavy atom. The zero-order valence-corrected chi connectivity index (χ0v) is 16.0. The van der Waals surface area contributed by atoms with E-state index in [9.17, 15) is 4.79 Å². The van der Waals surface area contributed by atoms with Crippen molar-refractivity contribution in [1.29, 1.82) is 0 Å². The highest BCUT2D eigenvalue weighted by Crippen LogP contribution is 2.35. The van der Waals surface area contributed by atoms with Gasteiger partial charge >= 0.3 is 0 Å². The van der Waals surface area contributed by atoms with Crippen LogP contribution in [0, 0.1) is 0 Å². The quantitative estimate of drug-likeness (QED) is 0.775. The van der Waals surface area contributed by atoms with Crippen LogP contribution < -0.4 is 14.2 Å². The average Bonchev–Trinajstić information content (AvgIpc) is 2.74. The molecule has 27 heavy (non-hydrogen) atoms. The Labute approximate surface area is 159 Å². The van der Waals surface area contributed by atoms with Gasteiger partial charge in [0.2, 0.25) is 0 Å². The number of ether oxygens (including phenoxy) is 3. The van der Waals surface area contributed by atoms with Gasteiger partial charge in [0, 0.05) is 56.7 Å². The molecule has 0 N–H and O–H groups in total. The molecule has 3 rings (SSSR count). The third-order valence-electron chi connectivity index (χ3n) is 4.75. The summed E-state index contributed by atoms with van der Waals surface area (Å²) in [6.07, 6.45) is 3.29. The molecule has 0 atom stereocenters. The largest absolute Gasteiger partial charge is 0.496 e. The zero-order valence-electron chi connectivity index (χ0n) is 16.0. The Morgan fingerprint density at radius 1 is 1.00 bits per heavy atom. The predicted octanol–water partition coefficient (Wildman–Crippen LogP) is 2.07. The number of pyridine rings is 1. The smallest absolute Gasteiger partial charge is 0.255 e. The number of rotatable bonds is 6. The van der Waals surface area contributed by atoms with Gasteiger partial charge in [0.05, 0.1) is 26.9 Å². The van der Waals surface area contributed by atoms with Crippen molar-refractivity contribution in [2.75, 3.05) is 47.5 Å². The lowest BCUT2D eigenvalue weighted by Gasteiger charge is -2.35. The number of carbonyl (C=O) groups is 1. The minimum Gasteiger partial charge on any atom is -0.496 e. The van der Waals surface area contributed by atoms with Crippen molar-refractivity contribution in [3.8, 4) is 17.2 Å². The van der Waals surface area contributed by atoms with E-state index in [4.69, 9.17) is 14.2 Å². The summed E-state index contributed by atoms with van der Waals surface area (Å²) in [6, 6.07) is 7.38. The van der Waals surface area contributed by atoms with Crippen LogP contribution in [0.3, 0.4) is 0 Å². The number of piperazine rings is 1. The number of aromatic nitrogens is 1. The van der Waals surface area contributed by atoms with Crippen LogP contribution in [0.2, 0.25) is 0 Å². The van der Waals surface area contributed by atoms with Crippen molar-refractivity contribution in [3.05, 3.63) is 47.8 Å². The minimum atomic E-state index is 0.0337. The zero-order chi connectivity index (χ0) is 19.2. The van der Waals surface area contributed by atoms with Gasteiger partial charge in [0.15, 0.2) is 11.5 Å². The van der Waals surface area contributed by atoms with Crippen molar-refractivity contribution in [1.82, 2.24) is 14.8 Å². The molecule has 7 nitrogen and oxygen atoms in total. The number of hydrogen-bond donors (Lipinski definition) is 0. The van der Waals surface area contributed by atoms with Crippen LogP contribution in [-0.2, 0) is 6.54 Å². The molecule has 144 valence electrons. The summed E-state index contributed by atoms with van der Waals surface area (Å²) in [5, 5.41) is 0. The lowest BCUT2D eigenvalue weighted by molar-refractivity contribution is 0.0627. The highest BCUT2D eigenvalue weighted by Gasteiger charge is 2.23. The van der Waals surface area contributed by atoms with Crippen LogP contribution in [0.1, 0.15) is 15.9 Å². The van der Waals surface area contributed by atoms with Crippen molar-refractivity contribution < 1.29 is 19.0 Å². The van der Waals surface area contributed by atoms with Gasteiger partial charge in [0.25, 0.3) is 5.91 Å². The van der Waals surface area contributed by atoms with Gasteiger partial charge in [-0.05, 0) is 18.2 Å². The first-order valence-corrected chi connectivity index (χ1v) is 8.86. The summed E-state index contributed by atoms with van der Waals surface area (Å²) in [5.74, 6) is 2.12. The van der Waals surface area contributed by atoms with Crippen molar-refractivity contribution in [2.45, 2.75) is 6.54 Å². The molecule has 2 aromatic rings. The molecule has 0 radical (unpaired) electrons. The highest BCUT2D eigenvalue weighted by molar-refractivity contribution is 5.93. The van der Waals surface area contributed by atoms with Gasteiger partial charge in [-0.15, -0.1) is 0 Å². The molecule has 1 amide bonds. The minimum absolute atomic E-state index is 0.0337. The molecular formula is C20H25N3O4. The molecule has 7 heteroatoms. The lowest BCUT2D eigenvalue weighted by atomic mass is 10.1. The number of nitrogens with zero attached hydrogens (tertiary/aromatic N) is 3. The van der Waals surface area contributed by atoms with Gasteiger partial charge in [-0.2, -0.15) is 0 Å². The number of carbonyl (C=O) groups excluding carboxylic acids is 1. The molecular weight excluding hydrogens is 346 g/mol. The second kappa shape index (κ2) is 8.73. The van der Waals surface area contributed by atoms with Gasteiger partial charge in [0.1, 0.15) is 5.75 Å². The standard InChI is InChI=1S/C20H25N3O4/c1-25-17-12-19(27-3)18(26-2)11-16(17)14-22-7-9-23(10-8-22)20(24)15-5-4-6-21-13-15/h4-6,11-13H,7-10,14H2,1-3H3. The topological polar surface area (TPSA) is 64.1 Å². The van der Waals surface area contributed by atoms with Crippen LogP contribution in [-0.4, -0.2) is 68.2 Å². The van der Waals surface area contributed by atoms with E-state index in [1.54, 1.807) is 45.9 Å². The number of benzene rings is 1. The second-order valence-corrected chi connectivity index (χ2v) is 6.33. The van der Waals surface area contributed by atoms with Crippen LogP contribution in [0.5, 0.6) is 17.2 Å². The first-order chi connectivity index (χ1) is 13.2. The van der Waals surface area contributed by atoms with Crippen molar-refractivity contribution >= 4 is 5.91 Å². The molecule has 1 aromatic heterocycles. The molecule has 1 saturated heterocycles. The summed E-state index contributed by atoms with van der Waals surface area (Å²) in [7, 11) is 4.88. The van der Waals surface area contributed by atoms with E-state index in [2.05, 4.69) is 9.88 Å². The van der Waals surface area contributed by atoms with E-state index < -0.39 is 0 Å². The molecule has 0 bridgehead atoms. The lowest BCUT2D eigenvalue weighted by Crippen LogP contribution is -2.48. The van der Waals surface area contributed by atoms with Crippen LogP contribution in [0.15, 0.2) is 36.7 Å². The van der Waals surface area contributed by atoms with Crippen LogP contribution in [0.25, 0.3) is 0 Å². The van der Waals surface area contributed by atoms with Crippen molar-refractivity contribution in [2.24, 2.45) is 0 Å². The number of hydrogen-bond acceptors (Lipinski definition) is 6. The summed E-state index contributed by atoms with van der Waals surface area (Å²) in [4.78, 5) is 20.7. The number of amides is 1. The van der Waals surface area contributed by atoms with E-state index in [0.717, 1.165) is 30.9 Å². The molecule has 0 aliphatic carbocycles. The van der Waals surface area contributed by atoms with Gasteiger partial charge in [-0.3, -0.25) is 14.7 Å². The van der Waals surface area contributed by atoms with E-state index in [1.807, 2.05) is 17.0 Å². The summed E-state index contributed by atoms with van der Waals surface area (Å²) < 4.78 is 16.3. The Balaban J connectivity index is 1.65. The molecule has 1 aliphatic rings. The van der Waals surface area contributed by atoms with E-state index in [-0.39, 0.29) is 5.91 Å². The Hall–Kier alpha value is -2.80. The Bertz CT molecular complexity index is 774. The predicted molar refractivity (Wildman–Crippen MR) is 102 cm³/mol. The molecule has 2 heterocycles. The maximum atomic E-state index is 12.5. The van der Waals surface area contributed by atoms with Gasteiger partial charge in [-0.1, -0.05) is 0 Å². The fourth-order valence-corrected chi connectivity index (χ4v) is 3.24. The van der Waals surface area contributed by atoms with Crippen LogP contribution >= 0.6 is 0 Å². The summed E-state index contributed by atoms with van der Waals surface area (Å²) in [5.41, 5.74) is 1.66. The molecule has 1 fully saturated rings. The maximum Gasteiger partial charge on any atom is 0.255 e.